The average molecular weight is 384 g/mol. The first kappa shape index (κ1) is 16.6. The second-order valence-electron chi connectivity index (χ2n) is 6.47. The second-order valence-corrected chi connectivity index (χ2v) is 6.47. The monoisotopic (exact) mass is 384 g/mol. The molecule has 0 spiro atoms. The van der Waals surface area contributed by atoms with Gasteiger partial charge < -0.3 is 33.5 Å². The Balaban J connectivity index is 1.75. The Morgan fingerprint density at radius 2 is 1.64 bits per heavy atom. The van der Waals surface area contributed by atoms with Gasteiger partial charge in [0.05, 0.1) is 19.8 Å². The topological polar surface area (TPSA) is 92.7 Å². The molecule has 0 aliphatic carbocycles. The van der Waals surface area contributed by atoms with Crippen LogP contribution in [0.1, 0.15) is 17.0 Å². The Kier molecular flexibility index (Phi) is 3.55. The lowest BCUT2D eigenvalue weighted by atomic mass is 9.82. The fraction of sp³-hybridized carbons (Fsp3) is 0.250. The maximum Gasteiger partial charge on any atom is 0.339 e. The molecule has 3 aliphatic heterocycles. The molecule has 8 heteroatoms. The molecule has 3 heterocycles. The fourth-order valence-corrected chi connectivity index (χ4v) is 3.73. The molecule has 2 aromatic carbocycles. The summed E-state index contributed by atoms with van der Waals surface area (Å²) in [5, 5.41) is 10.3. The summed E-state index contributed by atoms with van der Waals surface area (Å²) >= 11 is 0. The van der Waals surface area contributed by atoms with E-state index in [0.717, 1.165) is 5.56 Å². The third-order valence-corrected chi connectivity index (χ3v) is 5.03. The van der Waals surface area contributed by atoms with Gasteiger partial charge in [-0.05, 0) is 23.8 Å². The zero-order valence-corrected chi connectivity index (χ0v) is 15.1. The minimum Gasteiger partial charge on any atom is -0.502 e. The molecule has 1 unspecified atom stereocenters. The second kappa shape index (κ2) is 5.98. The predicted octanol–water partition coefficient (Wildman–Crippen LogP) is 2.47. The maximum atomic E-state index is 12.5. The van der Waals surface area contributed by atoms with Crippen LogP contribution in [0, 0.1) is 0 Å². The van der Waals surface area contributed by atoms with Crippen LogP contribution in [0.5, 0.6) is 34.5 Å². The molecule has 0 saturated heterocycles. The van der Waals surface area contributed by atoms with E-state index in [1.165, 1.54) is 14.2 Å². The molecular formula is C20H16O8. The van der Waals surface area contributed by atoms with Crippen molar-refractivity contribution in [3.05, 3.63) is 46.7 Å². The lowest BCUT2D eigenvalue weighted by molar-refractivity contribution is -0.136. The van der Waals surface area contributed by atoms with Crippen molar-refractivity contribution in [1.29, 1.82) is 0 Å². The van der Waals surface area contributed by atoms with Gasteiger partial charge >= 0.3 is 5.97 Å². The van der Waals surface area contributed by atoms with Gasteiger partial charge in [-0.2, -0.15) is 0 Å². The van der Waals surface area contributed by atoms with Crippen molar-refractivity contribution in [2.45, 2.75) is 5.92 Å². The summed E-state index contributed by atoms with van der Waals surface area (Å²) in [6.45, 7) is 0.184. The minimum absolute atomic E-state index is 0.0604. The van der Waals surface area contributed by atoms with Crippen molar-refractivity contribution in [1.82, 2.24) is 0 Å². The SMILES string of the molecule is COc1cc(C2C3=C(COC3=O)Oc3cc4c(cc32)OCO4)cc(OC)c1O. The lowest BCUT2D eigenvalue weighted by Gasteiger charge is -2.27. The van der Waals surface area contributed by atoms with Gasteiger partial charge in [0.15, 0.2) is 28.8 Å². The summed E-state index contributed by atoms with van der Waals surface area (Å²) in [6, 6.07) is 6.87. The summed E-state index contributed by atoms with van der Waals surface area (Å²) in [5.41, 5.74) is 1.80. The molecule has 0 radical (unpaired) electrons. The van der Waals surface area contributed by atoms with Gasteiger partial charge in [-0.25, -0.2) is 4.79 Å². The molecule has 1 N–H and O–H groups in total. The fourth-order valence-electron chi connectivity index (χ4n) is 3.73. The first-order valence-corrected chi connectivity index (χ1v) is 8.57. The number of benzene rings is 2. The standard InChI is InChI=1S/C20H16O8/c1-23-14-3-9(4-15(24-2)19(14)21)17-10-5-12-13(27-8-26-12)6-11(10)28-16-7-25-20(22)18(16)17/h3-6,17,21H,7-8H2,1-2H3. The van der Waals surface area contributed by atoms with E-state index in [1.54, 1.807) is 24.3 Å². The number of rotatable bonds is 3. The van der Waals surface area contributed by atoms with E-state index < -0.39 is 11.9 Å². The van der Waals surface area contributed by atoms with E-state index in [2.05, 4.69) is 0 Å². The highest BCUT2D eigenvalue weighted by Gasteiger charge is 2.41. The molecule has 0 aromatic heterocycles. The molecule has 1 atom stereocenters. The number of carbonyl (C=O) groups excluding carboxylic acids is 1. The third kappa shape index (κ3) is 2.27. The van der Waals surface area contributed by atoms with Crippen LogP contribution in [0.25, 0.3) is 0 Å². The lowest BCUT2D eigenvalue weighted by Crippen LogP contribution is -2.18. The van der Waals surface area contributed by atoms with Crippen molar-refractivity contribution >= 4 is 5.97 Å². The molecule has 28 heavy (non-hydrogen) atoms. The van der Waals surface area contributed by atoms with Gasteiger partial charge in [-0.3, -0.25) is 0 Å². The number of phenols is 1. The van der Waals surface area contributed by atoms with Crippen LogP contribution in [0.3, 0.4) is 0 Å². The Bertz CT molecular complexity index is 1010. The highest BCUT2D eigenvalue weighted by atomic mass is 16.7. The van der Waals surface area contributed by atoms with Crippen LogP contribution >= 0.6 is 0 Å². The van der Waals surface area contributed by atoms with E-state index >= 15 is 0 Å². The van der Waals surface area contributed by atoms with Crippen molar-refractivity contribution in [2.24, 2.45) is 0 Å². The van der Waals surface area contributed by atoms with Gasteiger partial charge in [0.1, 0.15) is 12.4 Å². The molecule has 5 rings (SSSR count). The highest BCUT2D eigenvalue weighted by Crippen LogP contribution is 2.52. The average Bonchev–Trinajstić information content (AvgIpc) is 3.31. The van der Waals surface area contributed by atoms with Crippen molar-refractivity contribution in [3.8, 4) is 34.5 Å². The quantitative estimate of drug-likeness (QED) is 0.807. The predicted molar refractivity (Wildman–Crippen MR) is 94.2 cm³/mol. The van der Waals surface area contributed by atoms with Crippen LogP contribution in [-0.2, 0) is 9.53 Å². The molecule has 2 aromatic rings. The van der Waals surface area contributed by atoms with Gasteiger partial charge in [0, 0.05) is 17.5 Å². The van der Waals surface area contributed by atoms with Crippen molar-refractivity contribution < 1.29 is 38.3 Å². The highest BCUT2D eigenvalue weighted by molar-refractivity contribution is 5.95. The maximum absolute atomic E-state index is 12.5. The van der Waals surface area contributed by atoms with E-state index in [9.17, 15) is 9.90 Å². The summed E-state index contributed by atoms with van der Waals surface area (Å²) in [5.74, 6) is 1.54. The van der Waals surface area contributed by atoms with Crippen LogP contribution < -0.4 is 23.7 Å². The number of fused-ring (bicyclic) bond motifs is 2. The number of cyclic esters (lactones) is 1. The van der Waals surface area contributed by atoms with Crippen LogP contribution in [0.4, 0.5) is 0 Å². The van der Waals surface area contributed by atoms with Crippen LogP contribution in [-0.4, -0.2) is 38.7 Å². The number of esters is 1. The molecule has 3 aliphatic rings. The Hall–Kier alpha value is -3.55. The Morgan fingerprint density at radius 3 is 2.32 bits per heavy atom. The summed E-state index contributed by atoms with van der Waals surface area (Å²) in [4.78, 5) is 12.5. The van der Waals surface area contributed by atoms with Crippen LogP contribution in [0.15, 0.2) is 35.6 Å². The summed E-state index contributed by atoms with van der Waals surface area (Å²) < 4.78 is 32.6. The van der Waals surface area contributed by atoms with Gasteiger partial charge in [0.25, 0.3) is 0 Å². The number of methoxy groups -OCH3 is 2. The van der Waals surface area contributed by atoms with Gasteiger partial charge in [-0.15, -0.1) is 0 Å². The van der Waals surface area contributed by atoms with E-state index in [1.807, 2.05) is 0 Å². The number of phenolic OH excluding ortho intramolecular Hbond substituents is 1. The van der Waals surface area contributed by atoms with E-state index in [4.69, 9.17) is 28.4 Å². The molecule has 0 bridgehead atoms. The number of aromatic hydroxyl groups is 1. The molecule has 0 fully saturated rings. The molecule has 8 nitrogen and oxygen atoms in total. The molecule has 144 valence electrons. The first-order chi connectivity index (χ1) is 13.6. The zero-order chi connectivity index (χ0) is 19.4. The zero-order valence-electron chi connectivity index (χ0n) is 15.1. The number of hydrogen-bond donors (Lipinski definition) is 1. The van der Waals surface area contributed by atoms with E-state index in [0.29, 0.717) is 34.1 Å². The van der Waals surface area contributed by atoms with Crippen molar-refractivity contribution in [2.75, 3.05) is 27.6 Å². The van der Waals surface area contributed by atoms with E-state index in [-0.39, 0.29) is 30.6 Å². The summed E-state index contributed by atoms with van der Waals surface area (Å²) in [7, 11) is 2.89. The first-order valence-electron chi connectivity index (χ1n) is 8.57. The number of carbonyl (C=O) groups is 1. The van der Waals surface area contributed by atoms with Crippen LogP contribution in [0.2, 0.25) is 0 Å². The van der Waals surface area contributed by atoms with Gasteiger partial charge in [-0.1, -0.05) is 0 Å². The van der Waals surface area contributed by atoms with Gasteiger partial charge in [0.2, 0.25) is 12.5 Å². The Morgan fingerprint density at radius 1 is 0.964 bits per heavy atom. The smallest absolute Gasteiger partial charge is 0.339 e. The third-order valence-electron chi connectivity index (χ3n) is 5.03. The molecule has 0 saturated carbocycles. The Labute approximate surface area is 159 Å². The molecule has 0 amide bonds. The number of ether oxygens (including phenoxy) is 6. The minimum atomic E-state index is -0.508. The number of hydrogen-bond acceptors (Lipinski definition) is 8. The molecular weight excluding hydrogens is 368 g/mol. The summed E-state index contributed by atoms with van der Waals surface area (Å²) in [6.07, 6.45) is 0. The largest absolute Gasteiger partial charge is 0.502 e. The van der Waals surface area contributed by atoms with Crippen molar-refractivity contribution in [3.63, 3.8) is 0 Å². The normalized spacial score (nSPS) is 18.9.